The number of aromatic hydroxyl groups is 1. The fraction of sp³-hybridized carbons (Fsp3) is 0.294. The highest BCUT2D eigenvalue weighted by atomic mass is 19.2. The van der Waals surface area contributed by atoms with Gasteiger partial charge in [0.25, 0.3) is 0 Å². The Morgan fingerprint density at radius 3 is 2.76 bits per heavy atom. The SMILES string of the molecule is CC(NC1CCc2c(O)cccc21)c1ccc(F)c(F)c1. The second-order valence-electron chi connectivity index (χ2n) is 5.50. The highest BCUT2D eigenvalue weighted by Crippen LogP contribution is 2.37. The Morgan fingerprint density at radius 2 is 2.00 bits per heavy atom. The summed E-state index contributed by atoms with van der Waals surface area (Å²) in [6, 6.07) is 9.51. The van der Waals surface area contributed by atoms with Crippen LogP contribution in [0.4, 0.5) is 8.78 Å². The lowest BCUT2D eigenvalue weighted by molar-refractivity contribution is 0.458. The third-order valence-corrected chi connectivity index (χ3v) is 4.14. The van der Waals surface area contributed by atoms with Gasteiger partial charge in [-0.05, 0) is 54.7 Å². The highest BCUT2D eigenvalue weighted by molar-refractivity contribution is 5.44. The van der Waals surface area contributed by atoms with Gasteiger partial charge in [-0.3, -0.25) is 0 Å². The molecule has 1 aliphatic carbocycles. The summed E-state index contributed by atoms with van der Waals surface area (Å²) in [5, 5.41) is 13.3. The Morgan fingerprint density at radius 1 is 1.19 bits per heavy atom. The van der Waals surface area contributed by atoms with Crippen molar-refractivity contribution in [2.75, 3.05) is 0 Å². The minimum atomic E-state index is -0.831. The van der Waals surface area contributed by atoms with Gasteiger partial charge >= 0.3 is 0 Å². The summed E-state index contributed by atoms with van der Waals surface area (Å²) in [6.45, 7) is 1.92. The average Bonchev–Trinajstić information content (AvgIpc) is 2.86. The second kappa shape index (κ2) is 5.45. The molecule has 0 saturated carbocycles. The van der Waals surface area contributed by atoms with Crippen molar-refractivity contribution in [3.05, 3.63) is 64.7 Å². The summed E-state index contributed by atoms with van der Waals surface area (Å²) in [7, 11) is 0. The van der Waals surface area contributed by atoms with Crippen LogP contribution in [0.1, 0.15) is 42.1 Å². The van der Waals surface area contributed by atoms with Crippen LogP contribution in [0.3, 0.4) is 0 Å². The zero-order chi connectivity index (χ0) is 15.0. The van der Waals surface area contributed by atoms with Crippen molar-refractivity contribution in [3.63, 3.8) is 0 Å². The Kier molecular flexibility index (Phi) is 3.64. The number of nitrogens with one attached hydrogen (secondary N) is 1. The third-order valence-electron chi connectivity index (χ3n) is 4.14. The van der Waals surface area contributed by atoms with E-state index in [-0.39, 0.29) is 12.1 Å². The fourth-order valence-corrected chi connectivity index (χ4v) is 2.99. The zero-order valence-corrected chi connectivity index (χ0v) is 11.7. The van der Waals surface area contributed by atoms with Crippen LogP contribution in [-0.4, -0.2) is 5.11 Å². The maximum absolute atomic E-state index is 13.3. The van der Waals surface area contributed by atoms with E-state index in [2.05, 4.69) is 5.32 Å². The van der Waals surface area contributed by atoms with E-state index in [0.29, 0.717) is 11.3 Å². The predicted molar refractivity (Wildman–Crippen MR) is 77.1 cm³/mol. The molecule has 2 nitrogen and oxygen atoms in total. The van der Waals surface area contributed by atoms with Gasteiger partial charge in [-0.15, -0.1) is 0 Å². The first-order chi connectivity index (χ1) is 10.1. The fourth-order valence-electron chi connectivity index (χ4n) is 2.99. The second-order valence-corrected chi connectivity index (χ2v) is 5.50. The van der Waals surface area contributed by atoms with Crippen LogP contribution < -0.4 is 5.32 Å². The molecule has 0 aliphatic heterocycles. The molecule has 2 aromatic carbocycles. The quantitative estimate of drug-likeness (QED) is 0.895. The van der Waals surface area contributed by atoms with E-state index < -0.39 is 11.6 Å². The Hall–Kier alpha value is -1.94. The lowest BCUT2D eigenvalue weighted by atomic mass is 10.0. The van der Waals surface area contributed by atoms with Gasteiger partial charge < -0.3 is 10.4 Å². The zero-order valence-electron chi connectivity index (χ0n) is 11.7. The van der Waals surface area contributed by atoms with E-state index in [1.54, 1.807) is 12.1 Å². The molecule has 0 amide bonds. The van der Waals surface area contributed by atoms with Crippen molar-refractivity contribution >= 4 is 0 Å². The molecular formula is C17H17F2NO. The van der Waals surface area contributed by atoms with E-state index in [9.17, 15) is 13.9 Å². The number of fused-ring (bicyclic) bond motifs is 1. The van der Waals surface area contributed by atoms with Crippen molar-refractivity contribution in [2.24, 2.45) is 0 Å². The molecule has 0 heterocycles. The smallest absolute Gasteiger partial charge is 0.159 e. The monoisotopic (exact) mass is 289 g/mol. The molecule has 4 heteroatoms. The van der Waals surface area contributed by atoms with Crippen LogP contribution in [0, 0.1) is 11.6 Å². The minimum Gasteiger partial charge on any atom is -0.508 e. The normalized spacial score (nSPS) is 18.5. The number of hydrogen-bond donors (Lipinski definition) is 2. The summed E-state index contributed by atoms with van der Waals surface area (Å²) in [4.78, 5) is 0. The van der Waals surface area contributed by atoms with E-state index in [1.807, 2.05) is 19.1 Å². The standard InChI is InChI=1S/C17H17F2NO/c1-10(11-5-7-14(18)15(19)9-11)20-16-8-6-13-12(16)3-2-4-17(13)21/h2-5,7,9-10,16,20-21H,6,8H2,1H3. The van der Waals surface area contributed by atoms with Crippen molar-refractivity contribution in [3.8, 4) is 5.75 Å². The highest BCUT2D eigenvalue weighted by Gasteiger charge is 2.26. The van der Waals surface area contributed by atoms with Crippen LogP contribution in [0.25, 0.3) is 0 Å². The number of halogens is 2. The number of rotatable bonds is 3. The van der Waals surface area contributed by atoms with E-state index in [0.717, 1.165) is 30.0 Å². The molecule has 2 aromatic rings. The third kappa shape index (κ3) is 2.63. The van der Waals surface area contributed by atoms with Gasteiger partial charge in [0, 0.05) is 12.1 Å². The number of phenolic OH excluding ortho intramolecular Hbond substituents is 1. The maximum atomic E-state index is 13.3. The van der Waals surface area contributed by atoms with Gasteiger partial charge in [0.15, 0.2) is 11.6 Å². The lowest BCUT2D eigenvalue weighted by Gasteiger charge is -2.21. The van der Waals surface area contributed by atoms with E-state index in [4.69, 9.17) is 0 Å². The topological polar surface area (TPSA) is 32.3 Å². The van der Waals surface area contributed by atoms with Crippen molar-refractivity contribution in [1.29, 1.82) is 0 Å². The first kappa shape index (κ1) is 14.0. The molecule has 0 bridgehead atoms. The number of hydrogen-bond acceptors (Lipinski definition) is 2. The summed E-state index contributed by atoms with van der Waals surface area (Å²) in [5.74, 6) is -1.33. The molecule has 0 fully saturated rings. The first-order valence-corrected chi connectivity index (χ1v) is 7.08. The molecule has 2 N–H and O–H groups in total. The lowest BCUT2D eigenvalue weighted by Crippen LogP contribution is -2.23. The van der Waals surface area contributed by atoms with Crippen LogP contribution in [-0.2, 0) is 6.42 Å². The van der Waals surface area contributed by atoms with E-state index >= 15 is 0 Å². The Labute approximate surface area is 122 Å². The van der Waals surface area contributed by atoms with Crippen molar-refractivity contribution < 1.29 is 13.9 Å². The average molecular weight is 289 g/mol. The van der Waals surface area contributed by atoms with Gasteiger partial charge in [0.2, 0.25) is 0 Å². The molecule has 3 rings (SSSR count). The molecule has 110 valence electrons. The molecule has 1 aliphatic rings. The van der Waals surface area contributed by atoms with Crippen molar-refractivity contribution in [2.45, 2.75) is 31.8 Å². The van der Waals surface area contributed by atoms with Gasteiger partial charge in [0.1, 0.15) is 5.75 Å². The van der Waals surface area contributed by atoms with Crippen LogP contribution >= 0.6 is 0 Å². The molecule has 0 aromatic heterocycles. The molecule has 2 unspecified atom stereocenters. The largest absolute Gasteiger partial charge is 0.508 e. The molecular weight excluding hydrogens is 272 g/mol. The van der Waals surface area contributed by atoms with Crippen molar-refractivity contribution in [1.82, 2.24) is 5.32 Å². The molecule has 2 atom stereocenters. The number of phenols is 1. The molecule has 0 spiro atoms. The number of benzene rings is 2. The summed E-state index contributed by atoms with van der Waals surface area (Å²) >= 11 is 0. The van der Waals surface area contributed by atoms with Gasteiger partial charge in [-0.1, -0.05) is 18.2 Å². The first-order valence-electron chi connectivity index (χ1n) is 7.08. The minimum absolute atomic E-state index is 0.0987. The maximum Gasteiger partial charge on any atom is 0.159 e. The van der Waals surface area contributed by atoms with Crippen LogP contribution in [0.15, 0.2) is 36.4 Å². The summed E-state index contributed by atoms with van der Waals surface area (Å²) in [5.41, 5.74) is 2.78. The predicted octanol–water partition coefficient (Wildman–Crippen LogP) is 4.01. The summed E-state index contributed by atoms with van der Waals surface area (Å²) in [6.07, 6.45) is 1.71. The molecule has 0 saturated heterocycles. The summed E-state index contributed by atoms with van der Waals surface area (Å²) < 4.78 is 26.3. The Bertz CT molecular complexity index is 672. The van der Waals surface area contributed by atoms with Gasteiger partial charge in [-0.25, -0.2) is 8.78 Å². The van der Waals surface area contributed by atoms with Crippen LogP contribution in [0.2, 0.25) is 0 Å². The molecule has 21 heavy (non-hydrogen) atoms. The Balaban J connectivity index is 1.79. The van der Waals surface area contributed by atoms with Gasteiger partial charge in [0.05, 0.1) is 0 Å². The van der Waals surface area contributed by atoms with Crippen LogP contribution in [0.5, 0.6) is 5.75 Å². The molecule has 0 radical (unpaired) electrons. The van der Waals surface area contributed by atoms with E-state index in [1.165, 1.54) is 6.07 Å². The van der Waals surface area contributed by atoms with Gasteiger partial charge in [-0.2, -0.15) is 0 Å².